The van der Waals surface area contributed by atoms with Crippen LogP contribution in [-0.2, 0) is 17.6 Å². The second-order valence-electron chi connectivity index (χ2n) is 8.51. The summed E-state index contributed by atoms with van der Waals surface area (Å²) in [6, 6.07) is 26.2. The average molecular weight is 440 g/mol. The van der Waals surface area contributed by atoms with Gasteiger partial charge in [-0.2, -0.15) is 0 Å². The van der Waals surface area contributed by atoms with Gasteiger partial charge in [-0.05, 0) is 50.8 Å². The van der Waals surface area contributed by atoms with Crippen molar-refractivity contribution in [3.05, 3.63) is 118 Å². The lowest BCUT2D eigenvalue weighted by Crippen LogP contribution is -2.03. The predicted octanol–water partition coefficient (Wildman–Crippen LogP) is 6.77. The van der Waals surface area contributed by atoms with Gasteiger partial charge in [0, 0.05) is 25.5 Å². The second kappa shape index (κ2) is 11.9. The van der Waals surface area contributed by atoms with E-state index in [0.29, 0.717) is 12.1 Å². The topological polar surface area (TPSA) is 46.5 Å². The molecule has 3 aromatic rings. The summed E-state index contributed by atoms with van der Waals surface area (Å²) in [6.07, 6.45) is 6.10. The number of hydrogen-bond donors (Lipinski definition) is 0. The minimum atomic E-state index is 0. The highest BCUT2D eigenvalue weighted by atomic mass is 16.1. The van der Waals surface area contributed by atoms with Crippen molar-refractivity contribution >= 4 is 17.8 Å². The molecule has 0 fully saturated rings. The van der Waals surface area contributed by atoms with E-state index in [1.54, 1.807) is 6.92 Å². The molecule has 0 spiro atoms. The largest absolute Gasteiger partial charge is 0.295 e. The maximum absolute atomic E-state index is 12.3. The molecule has 170 valence electrons. The van der Waals surface area contributed by atoms with Crippen LogP contribution in [0.3, 0.4) is 0 Å². The van der Waals surface area contributed by atoms with E-state index in [9.17, 15) is 9.59 Å². The predicted molar refractivity (Wildman–Crippen MR) is 138 cm³/mol. The van der Waals surface area contributed by atoms with Gasteiger partial charge in [-0.1, -0.05) is 90.0 Å². The van der Waals surface area contributed by atoms with E-state index in [4.69, 9.17) is 0 Å². The van der Waals surface area contributed by atoms with E-state index in [1.165, 1.54) is 22.3 Å². The number of allylic oxidation sites excluding steroid dienone is 2. The quantitative estimate of drug-likeness (QED) is 0.382. The first kappa shape index (κ1) is 24.1. The Bertz CT molecular complexity index is 1130. The molecule has 0 aliphatic carbocycles. The number of hydrogen-bond acceptors (Lipinski definition) is 3. The molecule has 3 aromatic carbocycles. The molecule has 0 aromatic heterocycles. The molecule has 0 saturated carbocycles. The Morgan fingerprint density at radius 2 is 1.42 bits per heavy atom. The monoisotopic (exact) mass is 439 g/mol. The summed E-state index contributed by atoms with van der Waals surface area (Å²) in [5.41, 5.74) is 6.33. The number of aliphatic imine (C=N–C) groups is 1. The van der Waals surface area contributed by atoms with Gasteiger partial charge >= 0.3 is 0 Å². The molecular formula is C30H33NO2. The molecule has 1 atom stereocenters. The van der Waals surface area contributed by atoms with E-state index in [2.05, 4.69) is 48.3 Å². The number of carbonyl (C=O) groups excluding carboxylic acids is 2. The Morgan fingerprint density at radius 3 is 2.03 bits per heavy atom. The molecule has 1 unspecified atom stereocenters. The number of ketones is 2. The number of benzene rings is 3. The highest BCUT2D eigenvalue weighted by Crippen LogP contribution is 2.19. The van der Waals surface area contributed by atoms with Gasteiger partial charge in [0.15, 0.2) is 11.6 Å². The third-order valence-corrected chi connectivity index (χ3v) is 5.60. The van der Waals surface area contributed by atoms with Crippen molar-refractivity contribution in [1.82, 2.24) is 0 Å². The van der Waals surface area contributed by atoms with Crippen molar-refractivity contribution in [2.45, 2.75) is 40.0 Å². The molecule has 33 heavy (non-hydrogen) atoms. The highest BCUT2D eigenvalue weighted by Gasteiger charge is 2.17. The fraction of sp³-hybridized carbons (Fsp3) is 0.233. The highest BCUT2D eigenvalue weighted by molar-refractivity contribution is 5.98. The van der Waals surface area contributed by atoms with Crippen LogP contribution in [0.2, 0.25) is 0 Å². The summed E-state index contributed by atoms with van der Waals surface area (Å²) in [5.74, 6) is 0.491. The van der Waals surface area contributed by atoms with Crippen LogP contribution in [0.15, 0.2) is 95.6 Å². The number of rotatable bonds is 7. The molecule has 1 heterocycles. The van der Waals surface area contributed by atoms with Crippen LogP contribution in [0.25, 0.3) is 0 Å². The van der Waals surface area contributed by atoms with Gasteiger partial charge in [-0.25, -0.2) is 0 Å². The minimum Gasteiger partial charge on any atom is -0.295 e. The smallest absolute Gasteiger partial charge is 0.181 e. The molecule has 4 rings (SSSR count). The fourth-order valence-corrected chi connectivity index (χ4v) is 3.56. The number of nitrogens with zero attached hydrogens (tertiary/aromatic N) is 1. The Balaban J connectivity index is 0.000000314. The van der Waals surface area contributed by atoms with Crippen LogP contribution < -0.4 is 0 Å². The summed E-state index contributed by atoms with van der Waals surface area (Å²) < 4.78 is 0. The van der Waals surface area contributed by atoms with Crippen molar-refractivity contribution in [2.24, 2.45) is 10.9 Å². The van der Waals surface area contributed by atoms with Crippen molar-refractivity contribution in [3.63, 3.8) is 0 Å². The van der Waals surface area contributed by atoms with Gasteiger partial charge in [0.05, 0.1) is 0 Å². The van der Waals surface area contributed by atoms with Crippen molar-refractivity contribution < 1.29 is 11.0 Å². The van der Waals surface area contributed by atoms with Gasteiger partial charge in [0.2, 0.25) is 0 Å². The zero-order valence-electron chi connectivity index (χ0n) is 19.6. The molecular weight excluding hydrogens is 406 g/mol. The van der Waals surface area contributed by atoms with E-state index in [1.807, 2.05) is 61.7 Å². The maximum Gasteiger partial charge on any atom is 0.181 e. The van der Waals surface area contributed by atoms with Crippen LogP contribution in [0, 0.1) is 19.8 Å². The summed E-state index contributed by atoms with van der Waals surface area (Å²) in [6.45, 7) is 5.67. The first-order chi connectivity index (χ1) is 15.9. The average Bonchev–Trinajstić information content (AvgIpc) is 3.29. The summed E-state index contributed by atoms with van der Waals surface area (Å²) in [4.78, 5) is 27.4. The zero-order chi connectivity index (χ0) is 23.6. The second-order valence-corrected chi connectivity index (χ2v) is 8.51. The Morgan fingerprint density at radius 1 is 0.818 bits per heavy atom. The van der Waals surface area contributed by atoms with Crippen LogP contribution in [0.1, 0.15) is 47.4 Å². The lowest BCUT2D eigenvalue weighted by atomic mass is 9.99. The number of aryl methyl sites for hydroxylation is 3. The van der Waals surface area contributed by atoms with Crippen molar-refractivity contribution in [1.29, 1.82) is 0 Å². The first-order valence-electron chi connectivity index (χ1n) is 11.4. The molecule has 3 heteroatoms. The van der Waals surface area contributed by atoms with Gasteiger partial charge in [0.25, 0.3) is 0 Å². The summed E-state index contributed by atoms with van der Waals surface area (Å²) in [7, 11) is 0. The van der Waals surface area contributed by atoms with Gasteiger partial charge < -0.3 is 0 Å². The van der Waals surface area contributed by atoms with E-state index >= 15 is 0 Å². The standard InChI is InChI=1S/C21H21NO.C9H10O.H2/c1-16-7-9-18(10-8-16)13-19-14-20(22-15-19)21(23)12-11-17-5-3-2-4-6-17;1-7-3-5-9(6-4-7)8(2)10;/h2-10,14-15,19H,11-13H2,1H3;3-6H,1-2H3;1H. The molecule has 0 bridgehead atoms. The summed E-state index contributed by atoms with van der Waals surface area (Å²) >= 11 is 0. The van der Waals surface area contributed by atoms with Gasteiger partial charge in [-0.3, -0.25) is 14.6 Å². The molecule has 1 aliphatic rings. The Hall–Kier alpha value is -3.59. The molecule has 1 aliphatic heterocycles. The van der Waals surface area contributed by atoms with Crippen molar-refractivity contribution in [2.75, 3.05) is 0 Å². The van der Waals surface area contributed by atoms with Gasteiger partial charge in [0.1, 0.15) is 5.70 Å². The number of carbonyl (C=O) groups is 2. The molecule has 3 nitrogen and oxygen atoms in total. The SMILES string of the molecule is CC(=O)c1ccc(C)cc1.Cc1ccc(CC2C=NC(C(=O)CCc3ccccc3)=C2)cc1.[HH]. The van der Waals surface area contributed by atoms with Crippen LogP contribution in [-0.4, -0.2) is 17.8 Å². The Kier molecular flexibility index (Phi) is 8.65. The van der Waals surface area contributed by atoms with Crippen molar-refractivity contribution in [3.8, 4) is 0 Å². The molecule has 0 amide bonds. The van der Waals surface area contributed by atoms with Gasteiger partial charge in [-0.15, -0.1) is 0 Å². The minimum absolute atomic E-state index is 0. The first-order valence-corrected chi connectivity index (χ1v) is 11.4. The third-order valence-electron chi connectivity index (χ3n) is 5.60. The lowest BCUT2D eigenvalue weighted by molar-refractivity contribution is -0.115. The maximum atomic E-state index is 12.3. The Labute approximate surface area is 198 Å². The lowest BCUT2D eigenvalue weighted by Gasteiger charge is -2.04. The van der Waals surface area contributed by atoms with Crippen LogP contribution >= 0.6 is 0 Å². The zero-order valence-corrected chi connectivity index (χ0v) is 19.6. The molecule has 0 N–H and O–H groups in total. The number of Topliss-reactive ketones (excluding diaryl/α,β-unsaturated/α-hetero) is 2. The fourth-order valence-electron chi connectivity index (χ4n) is 3.56. The van der Waals surface area contributed by atoms with E-state index in [0.717, 1.165) is 18.4 Å². The molecule has 0 saturated heterocycles. The van der Waals surface area contributed by atoms with Crippen LogP contribution in [0.4, 0.5) is 0 Å². The summed E-state index contributed by atoms with van der Waals surface area (Å²) in [5, 5.41) is 0. The molecule has 0 radical (unpaired) electrons. The van der Waals surface area contributed by atoms with Crippen LogP contribution in [0.5, 0.6) is 0 Å². The van der Waals surface area contributed by atoms with E-state index < -0.39 is 0 Å². The van der Waals surface area contributed by atoms with E-state index in [-0.39, 0.29) is 18.9 Å². The normalized spacial score (nSPS) is 14.3. The third kappa shape index (κ3) is 7.80.